The number of ether oxygens (including phenoxy) is 1. The van der Waals surface area contributed by atoms with E-state index in [1.54, 1.807) is 30.2 Å². The van der Waals surface area contributed by atoms with Gasteiger partial charge >= 0.3 is 0 Å². The molecule has 1 fully saturated rings. The summed E-state index contributed by atoms with van der Waals surface area (Å²) in [6, 6.07) is 8.21. The maximum Gasteiger partial charge on any atom is 0.225 e. The van der Waals surface area contributed by atoms with Crippen LogP contribution in [0.3, 0.4) is 0 Å². The molecule has 0 unspecified atom stereocenters. The maximum atomic E-state index is 13.9. The largest absolute Gasteiger partial charge is 0.378 e. The summed E-state index contributed by atoms with van der Waals surface area (Å²) in [5.74, 6) is -0.831. The quantitative estimate of drug-likeness (QED) is 0.773. The second-order valence-corrected chi connectivity index (χ2v) is 6.64. The van der Waals surface area contributed by atoms with Crippen LogP contribution in [0.5, 0.6) is 0 Å². The fourth-order valence-corrected chi connectivity index (χ4v) is 3.16. The molecule has 1 aromatic carbocycles. The second kappa shape index (κ2) is 8.77. The molecule has 1 saturated heterocycles. The number of carbonyl (C=O) groups excluding carboxylic acids is 2. The number of benzene rings is 1. The van der Waals surface area contributed by atoms with Gasteiger partial charge in [-0.2, -0.15) is 5.10 Å². The third kappa shape index (κ3) is 4.91. The molecule has 2 amide bonds. The molecule has 1 aromatic heterocycles. The van der Waals surface area contributed by atoms with Crippen LogP contribution >= 0.6 is 0 Å². The number of aromatic nitrogens is 2. The zero-order valence-corrected chi connectivity index (χ0v) is 15.2. The lowest BCUT2D eigenvalue weighted by Gasteiger charge is -2.32. The standard InChI is InChI=1S/C19H23FN4O3/c1-27-12-16-8-15(22-23-16)9-21-19(26)14-6-7-18(25)24(11-14)10-13-4-2-3-5-17(13)20/h2-5,8,14H,6-7,9-12H2,1H3,(H,21,26)(H,22,23)/t14-/m1/s1. The Morgan fingerprint density at radius 3 is 3.04 bits per heavy atom. The van der Waals surface area contributed by atoms with Crippen LogP contribution in [0.25, 0.3) is 0 Å². The summed E-state index contributed by atoms with van der Waals surface area (Å²) in [6.07, 6.45) is 0.783. The van der Waals surface area contributed by atoms with E-state index < -0.39 is 0 Å². The van der Waals surface area contributed by atoms with E-state index in [4.69, 9.17) is 4.74 Å². The molecule has 0 aliphatic carbocycles. The zero-order chi connectivity index (χ0) is 19.2. The van der Waals surface area contributed by atoms with Crippen molar-refractivity contribution in [2.24, 2.45) is 5.92 Å². The Labute approximate surface area is 156 Å². The number of likely N-dealkylation sites (tertiary alicyclic amines) is 1. The smallest absolute Gasteiger partial charge is 0.225 e. The average molecular weight is 374 g/mol. The summed E-state index contributed by atoms with van der Waals surface area (Å²) in [6.45, 7) is 1.20. The minimum atomic E-state index is -0.344. The van der Waals surface area contributed by atoms with Gasteiger partial charge in [0, 0.05) is 32.2 Å². The van der Waals surface area contributed by atoms with Gasteiger partial charge in [-0.1, -0.05) is 18.2 Å². The molecule has 2 N–H and O–H groups in total. The fourth-order valence-electron chi connectivity index (χ4n) is 3.16. The molecule has 8 heteroatoms. The van der Waals surface area contributed by atoms with Gasteiger partial charge in [0.1, 0.15) is 5.82 Å². The van der Waals surface area contributed by atoms with E-state index >= 15 is 0 Å². The summed E-state index contributed by atoms with van der Waals surface area (Å²) in [5.41, 5.74) is 2.00. The predicted octanol–water partition coefficient (Wildman–Crippen LogP) is 1.75. The lowest BCUT2D eigenvalue weighted by atomic mass is 9.96. The number of aromatic amines is 1. The molecule has 2 heterocycles. The summed E-state index contributed by atoms with van der Waals surface area (Å²) in [4.78, 5) is 26.2. The topological polar surface area (TPSA) is 87.3 Å². The van der Waals surface area contributed by atoms with Crippen LogP contribution in [-0.4, -0.2) is 40.6 Å². The third-order valence-electron chi connectivity index (χ3n) is 4.62. The SMILES string of the molecule is COCc1cc(CNC(=O)[C@@H]2CCC(=O)N(Cc3ccccc3F)C2)[nH]n1. The van der Waals surface area contributed by atoms with Gasteiger partial charge < -0.3 is 15.0 Å². The number of rotatable bonds is 7. The first kappa shape index (κ1) is 19.0. The monoisotopic (exact) mass is 374 g/mol. The molecular formula is C19H23FN4O3. The van der Waals surface area contributed by atoms with Crippen molar-refractivity contribution in [1.82, 2.24) is 20.4 Å². The lowest BCUT2D eigenvalue weighted by molar-refractivity contribution is -0.139. The van der Waals surface area contributed by atoms with E-state index in [1.807, 2.05) is 6.07 Å². The summed E-state index contributed by atoms with van der Waals surface area (Å²) >= 11 is 0. The molecule has 27 heavy (non-hydrogen) atoms. The highest BCUT2D eigenvalue weighted by molar-refractivity contribution is 5.83. The van der Waals surface area contributed by atoms with Crippen LogP contribution in [0.4, 0.5) is 4.39 Å². The number of nitrogens with zero attached hydrogens (tertiary/aromatic N) is 2. The number of hydrogen-bond acceptors (Lipinski definition) is 4. The highest BCUT2D eigenvalue weighted by atomic mass is 19.1. The van der Waals surface area contributed by atoms with Crippen molar-refractivity contribution in [3.63, 3.8) is 0 Å². The van der Waals surface area contributed by atoms with Gasteiger partial charge in [0.2, 0.25) is 11.8 Å². The first-order valence-electron chi connectivity index (χ1n) is 8.88. The van der Waals surface area contributed by atoms with Crippen LogP contribution in [-0.2, 0) is 34.0 Å². The number of amides is 2. The average Bonchev–Trinajstić information content (AvgIpc) is 3.11. The molecular weight excluding hydrogens is 351 g/mol. The molecule has 144 valence electrons. The van der Waals surface area contributed by atoms with Gasteiger partial charge in [0.15, 0.2) is 0 Å². The van der Waals surface area contributed by atoms with Crippen molar-refractivity contribution in [2.45, 2.75) is 32.5 Å². The number of piperidine rings is 1. The van der Waals surface area contributed by atoms with E-state index in [1.165, 1.54) is 6.07 Å². The highest BCUT2D eigenvalue weighted by Crippen LogP contribution is 2.21. The number of H-pyrrole nitrogens is 1. The third-order valence-corrected chi connectivity index (χ3v) is 4.62. The second-order valence-electron chi connectivity index (χ2n) is 6.64. The van der Waals surface area contributed by atoms with Crippen LogP contribution < -0.4 is 5.32 Å². The summed E-state index contributed by atoms with van der Waals surface area (Å²) in [5, 5.41) is 9.81. The molecule has 0 spiro atoms. The Kier molecular flexibility index (Phi) is 6.18. The zero-order valence-electron chi connectivity index (χ0n) is 15.2. The van der Waals surface area contributed by atoms with Crippen LogP contribution in [0, 0.1) is 11.7 Å². The molecule has 1 aliphatic heterocycles. The lowest BCUT2D eigenvalue weighted by Crippen LogP contribution is -2.45. The minimum Gasteiger partial charge on any atom is -0.378 e. The van der Waals surface area contributed by atoms with Gasteiger partial charge in [-0.25, -0.2) is 4.39 Å². The van der Waals surface area contributed by atoms with Crippen molar-refractivity contribution in [1.29, 1.82) is 0 Å². The van der Waals surface area contributed by atoms with Crippen LogP contribution in [0.15, 0.2) is 30.3 Å². The first-order chi connectivity index (χ1) is 13.1. The number of halogens is 1. The van der Waals surface area contributed by atoms with Crippen LogP contribution in [0.1, 0.15) is 29.8 Å². The van der Waals surface area contributed by atoms with E-state index in [9.17, 15) is 14.0 Å². The van der Waals surface area contributed by atoms with Crippen molar-refractivity contribution in [2.75, 3.05) is 13.7 Å². The molecule has 2 aromatic rings. The molecule has 1 atom stereocenters. The molecule has 0 bridgehead atoms. The Morgan fingerprint density at radius 2 is 2.26 bits per heavy atom. The molecule has 7 nitrogen and oxygen atoms in total. The van der Waals surface area contributed by atoms with Crippen molar-refractivity contribution in [3.05, 3.63) is 53.1 Å². The normalized spacial score (nSPS) is 17.2. The Bertz CT molecular complexity index is 808. The van der Waals surface area contributed by atoms with Crippen molar-refractivity contribution in [3.8, 4) is 0 Å². The number of nitrogens with one attached hydrogen (secondary N) is 2. The van der Waals surface area contributed by atoms with E-state index in [2.05, 4.69) is 15.5 Å². The van der Waals surface area contributed by atoms with Gasteiger partial charge in [-0.15, -0.1) is 0 Å². The van der Waals surface area contributed by atoms with Gasteiger partial charge in [0.25, 0.3) is 0 Å². The summed E-state index contributed by atoms with van der Waals surface area (Å²) in [7, 11) is 1.59. The Balaban J connectivity index is 1.55. The van der Waals surface area contributed by atoms with E-state index in [0.717, 1.165) is 11.4 Å². The number of methoxy groups -OCH3 is 1. The minimum absolute atomic E-state index is 0.0555. The van der Waals surface area contributed by atoms with Gasteiger partial charge in [-0.3, -0.25) is 14.7 Å². The van der Waals surface area contributed by atoms with Gasteiger partial charge in [0.05, 0.1) is 30.5 Å². The molecule has 1 aliphatic rings. The van der Waals surface area contributed by atoms with Crippen molar-refractivity contribution < 1.29 is 18.7 Å². The molecule has 3 rings (SSSR count). The van der Waals surface area contributed by atoms with Crippen molar-refractivity contribution >= 4 is 11.8 Å². The maximum absolute atomic E-state index is 13.9. The molecule has 0 radical (unpaired) electrons. The number of carbonyl (C=O) groups is 2. The van der Waals surface area contributed by atoms with Crippen LogP contribution in [0.2, 0.25) is 0 Å². The van der Waals surface area contributed by atoms with Gasteiger partial charge in [-0.05, 0) is 18.6 Å². The Morgan fingerprint density at radius 1 is 1.44 bits per heavy atom. The van der Waals surface area contributed by atoms with E-state index in [0.29, 0.717) is 25.1 Å². The highest BCUT2D eigenvalue weighted by Gasteiger charge is 2.30. The Hall–Kier alpha value is -2.74. The predicted molar refractivity (Wildman–Crippen MR) is 95.7 cm³/mol. The fraction of sp³-hybridized carbons (Fsp3) is 0.421. The summed E-state index contributed by atoms with van der Waals surface area (Å²) < 4.78 is 18.9. The molecule has 0 saturated carbocycles. The first-order valence-corrected chi connectivity index (χ1v) is 8.88. The van der Waals surface area contributed by atoms with E-state index in [-0.39, 0.29) is 43.1 Å². The number of hydrogen-bond donors (Lipinski definition) is 2.